The Labute approximate surface area is 90.1 Å². The quantitative estimate of drug-likeness (QED) is 0.445. The van der Waals surface area contributed by atoms with Gasteiger partial charge in [0.1, 0.15) is 0 Å². The van der Waals surface area contributed by atoms with Crippen molar-refractivity contribution in [2.24, 2.45) is 0 Å². The predicted molar refractivity (Wildman–Crippen MR) is 61.2 cm³/mol. The molecule has 1 heterocycles. The second-order valence-electron chi connectivity index (χ2n) is 2.35. The van der Waals surface area contributed by atoms with Gasteiger partial charge in [-0.05, 0) is 35.8 Å². The highest BCUT2D eigenvalue weighted by Gasteiger charge is 1.96. The van der Waals surface area contributed by atoms with Crippen molar-refractivity contribution in [3.8, 4) is 0 Å². The maximum atomic E-state index is 5.79. The van der Waals surface area contributed by atoms with E-state index in [0.717, 1.165) is 4.34 Å². The number of rotatable bonds is 4. The summed E-state index contributed by atoms with van der Waals surface area (Å²) in [5.41, 5.74) is 0. The van der Waals surface area contributed by atoms with Crippen LogP contribution in [0.4, 0.5) is 0 Å². The first-order valence-electron chi connectivity index (χ1n) is 3.63. The van der Waals surface area contributed by atoms with Gasteiger partial charge >= 0.3 is 0 Å². The number of thiophene rings is 1. The third-order valence-corrected chi connectivity index (χ3v) is 3.49. The molecule has 1 aromatic rings. The van der Waals surface area contributed by atoms with E-state index in [0.29, 0.717) is 0 Å². The molecule has 0 fully saturated rings. The second-order valence-corrected chi connectivity index (χ2v) is 5.23. The van der Waals surface area contributed by atoms with Crippen LogP contribution < -0.4 is 0 Å². The maximum absolute atomic E-state index is 5.79. The molecule has 0 spiro atoms. The SMILES string of the molecule is Clc1ccc(CCCCI)s1. The maximum Gasteiger partial charge on any atom is 0.0931 e. The number of halogens is 2. The van der Waals surface area contributed by atoms with Crippen LogP contribution in [0, 0.1) is 0 Å². The van der Waals surface area contributed by atoms with Gasteiger partial charge in [0.05, 0.1) is 4.34 Å². The predicted octanol–water partition coefficient (Wildman–Crippen LogP) is 4.16. The van der Waals surface area contributed by atoms with Gasteiger partial charge in [-0.3, -0.25) is 0 Å². The lowest BCUT2D eigenvalue weighted by Gasteiger charge is -1.93. The molecule has 0 unspecified atom stereocenters. The molecule has 3 heteroatoms. The van der Waals surface area contributed by atoms with E-state index >= 15 is 0 Å². The summed E-state index contributed by atoms with van der Waals surface area (Å²) in [5, 5.41) is 0. The number of hydrogen-bond donors (Lipinski definition) is 0. The fourth-order valence-electron chi connectivity index (χ4n) is 0.880. The lowest BCUT2D eigenvalue weighted by atomic mass is 10.2. The van der Waals surface area contributed by atoms with Crippen molar-refractivity contribution in [1.29, 1.82) is 0 Å². The average Bonchev–Trinajstić information content (AvgIpc) is 2.37. The summed E-state index contributed by atoms with van der Waals surface area (Å²) in [6.45, 7) is 0. The molecule has 0 aliphatic rings. The van der Waals surface area contributed by atoms with Crippen molar-refractivity contribution in [3.05, 3.63) is 21.3 Å². The van der Waals surface area contributed by atoms with Gasteiger partial charge in [-0.25, -0.2) is 0 Å². The Morgan fingerprint density at radius 1 is 1.36 bits per heavy atom. The second kappa shape index (κ2) is 5.38. The van der Waals surface area contributed by atoms with Crippen molar-refractivity contribution in [2.75, 3.05) is 4.43 Å². The Hall–Kier alpha value is 0.720. The Bertz CT molecular complexity index is 210. The fraction of sp³-hybridized carbons (Fsp3) is 0.500. The lowest BCUT2D eigenvalue weighted by molar-refractivity contribution is 0.819. The molecule has 0 aliphatic carbocycles. The highest BCUT2D eigenvalue weighted by Crippen LogP contribution is 2.22. The molecule has 0 bridgehead atoms. The molecule has 0 saturated carbocycles. The molecular formula is C8H10ClIS. The van der Waals surface area contributed by atoms with Crippen LogP contribution in [0.2, 0.25) is 4.34 Å². The zero-order chi connectivity index (χ0) is 8.10. The summed E-state index contributed by atoms with van der Waals surface area (Å²) in [6.07, 6.45) is 3.80. The minimum atomic E-state index is 0.912. The van der Waals surface area contributed by atoms with E-state index in [1.807, 2.05) is 6.07 Å². The third-order valence-electron chi connectivity index (χ3n) is 1.44. The van der Waals surface area contributed by atoms with Crippen molar-refractivity contribution < 1.29 is 0 Å². The summed E-state index contributed by atoms with van der Waals surface area (Å²) in [5.74, 6) is 0. The average molecular weight is 301 g/mol. The van der Waals surface area contributed by atoms with Crippen molar-refractivity contribution in [2.45, 2.75) is 19.3 Å². The molecule has 0 aliphatic heterocycles. The lowest BCUT2D eigenvalue weighted by Crippen LogP contribution is -1.80. The van der Waals surface area contributed by atoms with E-state index < -0.39 is 0 Å². The zero-order valence-corrected chi connectivity index (χ0v) is 9.88. The van der Waals surface area contributed by atoms with E-state index in [-0.39, 0.29) is 0 Å². The molecule has 11 heavy (non-hydrogen) atoms. The van der Waals surface area contributed by atoms with Crippen LogP contribution in [0.5, 0.6) is 0 Å². The van der Waals surface area contributed by atoms with Gasteiger partial charge in [0.2, 0.25) is 0 Å². The normalized spacial score (nSPS) is 10.4. The summed E-state index contributed by atoms with van der Waals surface area (Å²) >= 11 is 9.90. The monoisotopic (exact) mass is 300 g/mol. The Balaban J connectivity index is 2.27. The molecule has 0 nitrogen and oxygen atoms in total. The van der Waals surface area contributed by atoms with Gasteiger partial charge in [-0.1, -0.05) is 34.2 Å². The van der Waals surface area contributed by atoms with Gasteiger partial charge in [-0.2, -0.15) is 0 Å². The molecular weight excluding hydrogens is 291 g/mol. The first-order valence-corrected chi connectivity index (χ1v) is 6.35. The fourth-order valence-corrected chi connectivity index (χ4v) is 2.55. The van der Waals surface area contributed by atoms with E-state index in [2.05, 4.69) is 28.7 Å². The molecule has 0 aromatic carbocycles. The van der Waals surface area contributed by atoms with Crippen LogP contribution >= 0.6 is 45.5 Å². The van der Waals surface area contributed by atoms with E-state index in [9.17, 15) is 0 Å². The third kappa shape index (κ3) is 3.76. The highest BCUT2D eigenvalue weighted by molar-refractivity contribution is 14.1. The minimum Gasteiger partial charge on any atom is -0.128 e. The number of unbranched alkanes of at least 4 members (excludes halogenated alkanes) is 1. The topological polar surface area (TPSA) is 0 Å². The summed E-state index contributed by atoms with van der Waals surface area (Å²) < 4.78 is 2.17. The van der Waals surface area contributed by atoms with Crippen LogP contribution in [0.25, 0.3) is 0 Å². The van der Waals surface area contributed by atoms with Gasteiger partial charge in [0, 0.05) is 4.88 Å². The molecule has 0 radical (unpaired) electrons. The molecule has 0 atom stereocenters. The zero-order valence-electron chi connectivity index (χ0n) is 6.15. The van der Waals surface area contributed by atoms with Crippen LogP contribution in [0.3, 0.4) is 0 Å². The van der Waals surface area contributed by atoms with Crippen LogP contribution in [-0.2, 0) is 6.42 Å². The van der Waals surface area contributed by atoms with Crippen LogP contribution in [-0.4, -0.2) is 4.43 Å². The Morgan fingerprint density at radius 3 is 2.73 bits per heavy atom. The minimum absolute atomic E-state index is 0.912. The summed E-state index contributed by atoms with van der Waals surface area (Å²) in [6, 6.07) is 4.10. The summed E-state index contributed by atoms with van der Waals surface area (Å²) in [7, 11) is 0. The van der Waals surface area contributed by atoms with Crippen LogP contribution in [0.1, 0.15) is 17.7 Å². The van der Waals surface area contributed by atoms with E-state index in [1.165, 1.54) is 28.6 Å². The Morgan fingerprint density at radius 2 is 2.18 bits per heavy atom. The van der Waals surface area contributed by atoms with Gasteiger partial charge < -0.3 is 0 Å². The Kier molecular flexibility index (Phi) is 4.80. The van der Waals surface area contributed by atoms with Gasteiger partial charge in [0.25, 0.3) is 0 Å². The van der Waals surface area contributed by atoms with E-state index in [4.69, 9.17) is 11.6 Å². The largest absolute Gasteiger partial charge is 0.128 e. The smallest absolute Gasteiger partial charge is 0.0931 e. The van der Waals surface area contributed by atoms with Gasteiger partial charge in [0.15, 0.2) is 0 Å². The molecule has 0 amide bonds. The number of alkyl halides is 1. The number of aryl methyl sites for hydroxylation is 1. The van der Waals surface area contributed by atoms with Crippen molar-refractivity contribution >= 4 is 45.5 Å². The van der Waals surface area contributed by atoms with Crippen LogP contribution in [0.15, 0.2) is 12.1 Å². The molecule has 0 N–H and O–H groups in total. The molecule has 1 rings (SSSR count). The first kappa shape index (κ1) is 9.81. The first-order chi connectivity index (χ1) is 5.33. The number of hydrogen-bond acceptors (Lipinski definition) is 1. The van der Waals surface area contributed by atoms with Crippen molar-refractivity contribution in [1.82, 2.24) is 0 Å². The van der Waals surface area contributed by atoms with Gasteiger partial charge in [-0.15, -0.1) is 11.3 Å². The highest BCUT2D eigenvalue weighted by atomic mass is 127. The molecule has 0 saturated heterocycles. The van der Waals surface area contributed by atoms with E-state index in [1.54, 1.807) is 11.3 Å². The standard InChI is InChI=1S/C8H10ClIS/c9-8-5-4-7(11-8)3-1-2-6-10/h4-5H,1-3,6H2. The summed E-state index contributed by atoms with van der Waals surface area (Å²) in [4.78, 5) is 1.42. The molecule has 62 valence electrons. The molecule has 1 aromatic heterocycles. The van der Waals surface area contributed by atoms with Crippen molar-refractivity contribution in [3.63, 3.8) is 0 Å².